The number of nitrogens with zero attached hydrogens (tertiary/aromatic N) is 3. The highest BCUT2D eigenvalue weighted by atomic mass is 16.5. The van der Waals surface area contributed by atoms with Crippen molar-refractivity contribution in [1.29, 1.82) is 5.26 Å². The molecule has 0 radical (unpaired) electrons. The molecule has 8 nitrogen and oxygen atoms in total. The Bertz CT molecular complexity index is 1100. The number of carboxylic acid groups (broad SMARTS) is 1. The molecule has 0 bridgehead atoms. The monoisotopic (exact) mass is 363 g/mol. The Hall–Kier alpha value is -3.86. The molecule has 0 aliphatic heterocycles. The average Bonchev–Trinajstić information content (AvgIpc) is 3.11. The summed E-state index contributed by atoms with van der Waals surface area (Å²) in [7, 11) is 1.56. The number of ether oxygens (including phenoxy) is 1. The van der Waals surface area contributed by atoms with Gasteiger partial charge in [0.1, 0.15) is 34.6 Å². The molecule has 0 amide bonds. The second kappa shape index (κ2) is 6.80. The van der Waals surface area contributed by atoms with Crippen LogP contribution < -0.4 is 10.5 Å². The number of anilines is 1. The van der Waals surface area contributed by atoms with Crippen LogP contribution in [0.1, 0.15) is 27.2 Å². The summed E-state index contributed by atoms with van der Waals surface area (Å²) < 4.78 is 5.54. The van der Waals surface area contributed by atoms with E-state index in [0.717, 1.165) is 11.1 Å². The van der Waals surface area contributed by atoms with Crippen molar-refractivity contribution >= 4 is 11.8 Å². The number of nitrogens with two attached hydrogens (primary N) is 1. The van der Waals surface area contributed by atoms with Crippen LogP contribution in [-0.4, -0.2) is 33.4 Å². The number of aromatic carboxylic acids is 1. The van der Waals surface area contributed by atoms with E-state index in [1.165, 1.54) is 6.07 Å². The molecule has 1 aromatic carbocycles. The topological polar surface area (TPSA) is 138 Å². The number of aromatic nitrogens is 3. The minimum absolute atomic E-state index is 0.0334. The number of rotatable bonds is 4. The maximum atomic E-state index is 11.1. The highest BCUT2D eigenvalue weighted by Crippen LogP contribution is 2.38. The summed E-state index contributed by atoms with van der Waals surface area (Å²) in [6.45, 7) is 3.86. The summed E-state index contributed by atoms with van der Waals surface area (Å²) in [6, 6.07) is 8.99. The molecule has 2 heterocycles. The van der Waals surface area contributed by atoms with Gasteiger partial charge in [-0.15, -0.1) is 0 Å². The van der Waals surface area contributed by atoms with Gasteiger partial charge in [-0.05, 0) is 37.1 Å². The number of pyridine rings is 1. The molecule has 3 aromatic rings. The van der Waals surface area contributed by atoms with Gasteiger partial charge in [-0.1, -0.05) is 6.07 Å². The van der Waals surface area contributed by atoms with Gasteiger partial charge in [0.2, 0.25) is 0 Å². The van der Waals surface area contributed by atoms with Crippen LogP contribution in [0.2, 0.25) is 0 Å². The van der Waals surface area contributed by atoms with Gasteiger partial charge in [-0.2, -0.15) is 10.4 Å². The third-order valence-electron chi connectivity index (χ3n) is 4.14. The maximum Gasteiger partial charge on any atom is 0.353 e. The third-order valence-corrected chi connectivity index (χ3v) is 4.14. The molecule has 0 atom stereocenters. The Labute approximate surface area is 155 Å². The number of nitrogens with one attached hydrogen (secondary N) is 1. The first-order chi connectivity index (χ1) is 12.8. The summed E-state index contributed by atoms with van der Waals surface area (Å²) in [6.07, 6.45) is 0. The van der Waals surface area contributed by atoms with Gasteiger partial charge in [-0.3, -0.25) is 5.10 Å². The van der Waals surface area contributed by atoms with Crippen LogP contribution in [-0.2, 0) is 0 Å². The number of carboxylic acids is 1. The smallest absolute Gasteiger partial charge is 0.353 e. The van der Waals surface area contributed by atoms with Crippen molar-refractivity contribution in [2.75, 3.05) is 12.8 Å². The van der Waals surface area contributed by atoms with Gasteiger partial charge < -0.3 is 15.6 Å². The third kappa shape index (κ3) is 3.18. The first kappa shape index (κ1) is 17.9. The lowest BCUT2D eigenvalue weighted by molar-refractivity contribution is 0.0690. The average molecular weight is 363 g/mol. The molecule has 0 spiro atoms. The van der Waals surface area contributed by atoms with E-state index in [0.29, 0.717) is 28.3 Å². The normalized spacial score (nSPS) is 10.4. The molecule has 4 N–H and O–H groups in total. The van der Waals surface area contributed by atoms with E-state index in [1.54, 1.807) is 13.2 Å². The molecule has 0 unspecified atom stereocenters. The lowest BCUT2D eigenvalue weighted by Crippen LogP contribution is -2.01. The number of nitriles is 1. The second-order valence-corrected chi connectivity index (χ2v) is 6.06. The Kier molecular flexibility index (Phi) is 4.52. The first-order valence-corrected chi connectivity index (χ1v) is 8.01. The number of hydrogen-bond acceptors (Lipinski definition) is 6. The van der Waals surface area contributed by atoms with Gasteiger partial charge in [0, 0.05) is 17.2 Å². The number of aryl methyl sites for hydroxylation is 2. The van der Waals surface area contributed by atoms with Crippen LogP contribution >= 0.6 is 0 Å². The van der Waals surface area contributed by atoms with E-state index in [-0.39, 0.29) is 17.1 Å². The zero-order valence-corrected chi connectivity index (χ0v) is 15.0. The summed E-state index contributed by atoms with van der Waals surface area (Å²) in [5.74, 6) is -0.473. The maximum absolute atomic E-state index is 11.1. The molecule has 27 heavy (non-hydrogen) atoms. The summed E-state index contributed by atoms with van der Waals surface area (Å²) in [5.41, 5.74) is 9.99. The van der Waals surface area contributed by atoms with Crippen LogP contribution in [0.4, 0.5) is 5.82 Å². The van der Waals surface area contributed by atoms with Crippen molar-refractivity contribution in [3.63, 3.8) is 0 Å². The van der Waals surface area contributed by atoms with Crippen molar-refractivity contribution in [2.24, 2.45) is 0 Å². The molecule has 136 valence electrons. The van der Waals surface area contributed by atoms with Crippen LogP contribution in [0.3, 0.4) is 0 Å². The lowest BCUT2D eigenvalue weighted by Gasteiger charge is -2.15. The molecule has 0 fully saturated rings. The highest BCUT2D eigenvalue weighted by molar-refractivity contribution is 5.88. The second-order valence-electron chi connectivity index (χ2n) is 6.06. The van der Waals surface area contributed by atoms with E-state index >= 15 is 0 Å². The fourth-order valence-corrected chi connectivity index (χ4v) is 3.01. The van der Waals surface area contributed by atoms with E-state index in [1.807, 2.05) is 26.0 Å². The number of aromatic amines is 1. The zero-order chi connectivity index (χ0) is 19.7. The molecule has 3 rings (SSSR count). The van der Waals surface area contributed by atoms with Crippen molar-refractivity contribution in [3.8, 4) is 34.3 Å². The molecule has 0 aliphatic rings. The first-order valence-electron chi connectivity index (χ1n) is 8.01. The number of methoxy groups -OCH3 is 1. The number of nitrogen functional groups attached to an aromatic ring is 1. The highest BCUT2D eigenvalue weighted by Gasteiger charge is 2.19. The van der Waals surface area contributed by atoms with Gasteiger partial charge in [0.05, 0.1) is 12.8 Å². The molecule has 2 aromatic heterocycles. The predicted octanol–water partition coefficient (Wildman–Crippen LogP) is 2.92. The molecule has 0 saturated heterocycles. The Morgan fingerprint density at radius 1 is 1.22 bits per heavy atom. The zero-order valence-electron chi connectivity index (χ0n) is 15.0. The lowest BCUT2D eigenvalue weighted by atomic mass is 9.95. The van der Waals surface area contributed by atoms with Crippen molar-refractivity contribution in [1.82, 2.24) is 15.2 Å². The molecular weight excluding hydrogens is 346 g/mol. The number of carbonyl (C=O) groups is 1. The Morgan fingerprint density at radius 2 is 1.96 bits per heavy atom. The summed E-state index contributed by atoms with van der Waals surface area (Å²) >= 11 is 0. The number of hydrogen-bond donors (Lipinski definition) is 3. The van der Waals surface area contributed by atoms with E-state index < -0.39 is 5.97 Å². The van der Waals surface area contributed by atoms with Crippen LogP contribution in [0, 0.1) is 25.2 Å². The quantitative estimate of drug-likeness (QED) is 0.648. The molecule has 0 aliphatic carbocycles. The van der Waals surface area contributed by atoms with E-state index in [2.05, 4.69) is 21.3 Å². The fraction of sp³-hybridized carbons (Fsp3) is 0.158. The Balaban J connectivity index is 2.29. The van der Waals surface area contributed by atoms with Gasteiger partial charge in [0.15, 0.2) is 0 Å². The fourth-order valence-electron chi connectivity index (χ4n) is 3.01. The minimum atomic E-state index is -1.13. The van der Waals surface area contributed by atoms with E-state index in [4.69, 9.17) is 15.6 Å². The largest absolute Gasteiger partial charge is 0.496 e. The summed E-state index contributed by atoms with van der Waals surface area (Å²) in [4.78, 5) is 15.3. The van der Waals surface area contributed by atoms with Crippen molar-refractivity contribution < 1.29 is 14.6 Å². The van der Waals surface area contributed by atoms with Gasteiger partial charge >= 0.3 is 5.97 Å². The minimum Gasteiger partial charge on any atom is -0.496 e. The van der Waals surface area contributed by atoms with Crippen LogP contribution in [0.25, 0.3) is 22.5 Å². The Morgan fingerprint density at radius 3 is 2.56 bits per heavy atom. The standard InChI is InChI=1S/C19H17N5O3/c1-9-4-10(2)17(27-3)12(5-9)11-6-14(22-18(21)13(11)8-20)15-7-16(19(25)26)24-23-15/h4-7H,1-3H3,(H2,21,22)(H,23,24)(H,25,26). The molecule has 0 saturated carbocycles. The van der Waals surface area contributed by atoms with Crippen LogP contribution in [0.5, 0.6) is 5.75 Å². The predicted molar refractivity (Wildman–Crippen MR) is 99.4 cm³/mol. The van der Waals surface area contributed by atoms with Crippen molar-refractivity contribution in [3.05, 3.63) is 46.6 Å². The van der Waals surface area contributed by atoms with Crippen LogP contribution in [0.15, 0.2) is 24.3 Å². The number of H-pyrrole nitrogens is 1. The number of benzene rings is 1. The van der Waals surface area contributed by atoms with Gasteiger partial charge in [0.25, 0.3) is 0 Å². The summed E-state index contributed by atoms with van der Waals surface area (Å²) in [5, 5.41) is 25.1. The molecular formula is C19H17N5O3. The van der Waals surface area contributed by atoms with Crippen molar-refractivity contribution in [2.45, 2.75) is 13.8 Å². The SMILES string of the molecule is COc1c(C)cc(C)cc1-c1cc(-c2cc(C(=O)O)[nH]n2)nc(N)c1C#N. The van der Waals surface area contributed by atoms with Gasteiger partial charge in [-0.25, -0.2) is 9.78 Å². The van der Waals surface area contributed by atoms with E-state index in [9.17, 15) is 10.1 Å². The molecule has 8 heteroatoms.